The summed E-state index contributed by atoms with van der Waals surface area (Å²) in [7, 11) is 0. The van der Waals surface area contributed by atoms with Crippen molar-refractivity contribution < 1.29 is 0 Å². The molecule has 138 valence electrons. The highest BCUT2D eigenvalue weighted by Gasteiger charge is 2.35. The summed E-state index contributed by atoms with van der Waals surface area (Å²) >= 11 is 0. The molecule has 1 heteroatoms. The highest BCUT2D eigenvalue weighted by atomic mass is 14.7. The second kappa shape index (κ2) is 9.20. The Bertz CT molecular complexity index is 435. The van der Waals surface area contributed by atoms with Crippen LogP contribution in [0.3, 0.4) is 0 Å². The fourth-order valence-electron chi connectivity index (χ4n) is 4.71. The van der Waals surface area contributed by atoms with Crippen molar-refractivity contribution in [3.63, 3.8) is 0 Å². The molecule has 2 saturated carbocycles. The Morgan fingerprint density at radius 2 is 2.00 bits per heavy atom. The first-order valence-electron chi connectivity index (χ1n) is 10.7. The van der Waals surface area contributed by atoms with Crippen LogP contribution < -0.4 is 0 Å². The fraction of sp³-hybridized carbons (Fsp3) is 0.870. The van der Waals surface area contributed by atoms with Crippen molar-refractivity contribution in [1.82, 2.24) is 0 Å². The molecule has 24 heavy (non-hydrogen) atoms. The molecular weight excluding hydrogens is 290 g/mol. The quantitative estimate of drug-likeness (QED) is 0.349. The predicted molar refractivity (Wildman–Crippen MR) is 108 cm³/mol. The Balaban J connectivity index is 2.05. The van der Waals surface area contributed by atoms with Crippen molar-refractivity contribution in [2.45, 2.75) is 92.4 Å². The van der Waals surface area contributed by atoms with Gasteiger partial charge in [0.2, 0.25) is 0 Å². The van der Waals surface area contributed by atoms with Gasteiger partial charge in [0, 0.05) is 18.7 Å². The smallest absolute Gasteiger partial charge is 0.0357 e. The van der Waals surface area contributed by atoms with Gasteiger partial charge in [-0.2, -0.15) is 0 Å². The van der Waals surface area contributed by atoms with Crippen LogP contribution in [0.25, 0.3) is 0 Å². The first-order chi connectivity index (χ1) is 11.5. The molecule has 0 spiro atoms. The zero-order chi connectivity index (χ0) is 17.6. The summed E-state index contributed by atoms with van der Waals surface area (Å²) in [6.45, 7) is 12.9. The van der Waals surface area contributed by atoms with Gasteiger partial charge in [0.25, 0.3) is 0 Å². The van der Waals surface area contributed by atoms with Gasteiger partial charge >= 0.3 is 0 Å². The fourth-order valence-corrected chi connectivity index (χ4v) is 4.71. The van der Waals surface area contributed by atoms with Crippen molar-refractivity contribution in [3.05, 3.63) is 11.6 Å². The van der Waals surface area contributed by atoms with E-state index in [9.17, 15) is 0 Å². The molecule has 0 amide bonds. The van der Waals surface area contributed by atoms with Crippen LogP contribution in [0, 0.1) is 29.1 Å². The van der Waals surface area contributed by atoms with E-state index in [1.54, 1.807) is 5.57 Å². The lowest BCUT2D eigenvalue weighted by atomic mass is 9.65. The molecule has 0 aromatic heterocycles. The molecule has 0 radical (unpaired) electrons. The number of hydrogen-bond donors (Lipinski definition) is 0. The maximum Gasteiger partial charge on any atom is 0.0357 e. The van der Waals surface area contributed by atoms with Crippen LogP contribution in [-0.2, 0) is 0 Å². The monoisotopic (exact) mass is 331 g/mol. The summed E-state index contributed by atoms with van der Waals surface area (Å²) in [5, 5.41) is 0. The maximum absolute atomic E-state index is 4.63. The van der Waals surface area contributed by atoms with Crippen molar-refractivity contribution in [2.24, 2.45) is 34.1 Å². The van der Waals surface area contributed by atoms with E-state index in [1.165, 1.54) is 57.8 Å². The maximum atomic E-state index is 4.63. The van der Waals surface area contributed by atoms with E-state index < -0.39 is 0 Å². The molecular formula is C23H41N. The third-order valence-electron chi connectivity index (χ3n) is 6.82. The summed E-state index contributed by atoms with van der Waals surface area (Å²) in [4.78, 5) is 4.63. The highest BCUT2D eigenvalue weighted by molar-refractivity contribution is 5.64. The Labute approximate surface area is 151 Å². The molecule has 0 bridgehead atoms. The highest BCUT2D eigenvalue weighted by Crippen LogP contribution is 2.46. The van der Waals surface area contributed by atoms with Crippen LogP contribution in [0.15, 0.2) is 16.6 Å². The standard InChI is InChI=1S/C23H41N/c1-6-9-21-15-22(21)14-20(17-24-7-2)16-23(5)13-8-10-18(3)11-12-19(23)4/h14,17-21H,6-13,15-16H2,1-5H3. The summed E-state index contributed by atoms with van der Waals surface area (Å²) in [6, 6.07) is 0. The Kier molecular flexibility index (Phi) is 7.57. The van der Waals surface area contributed by atoms with Gasteiger partial charge in [-0.3, -0.25) is 4.99 Å². The largest absolute Gasteiger partial charge is 0.297 e. The van der Waals surface area contributed by atoms with Crippen LogP contribution in [0.2, 0.25) is 0 Å². The van der Waals surface area contributed by atoms with E-state index >= 15 is 0 Å². The van der Waals surface area contributed by atoms with E-state index in [0.717, 1.165) is 24.3 Å². The zero-order valence-electron chi connectivity index (χ0n) is 17.0. The average Bonchev–Trinajstić information content (AvgIpc) is 3.27. The van der Waals surface area contributed by atoms with Crippen LogP contribution in [0.1, 0.15) is 92.4 Å². The summed E-state index contributed by atoms with van der Waals surface area (Å²) in [5.74, 6) is 3.22. The first-order valence-corrected chi connectivity index (χ1v) is 10.7. The van der Waals surface area contributed by atoms with Crippen molar-refractivity contribution in [1.29, 1.82) is 0 Å². The number of nitrogens with zero attached hydrogens (tertiary/aromatic N) is 1. The van der Waals surface area contributed by atoms with Crippen LogP contribution in [0.4, 0.5) is 0 Å². The van der Waals surface area contributed by atoms with Gasteiger partial charge in [0.15, 0.2) is 0 Å². The van der Waals surface area contributed by atoms with E-state index in [2.05, 4.69) is 51.9 Å². The molecule has 0 aromatic rings. The third-order valence-corrected chi connectivity index (χ3v) is 6.82. The molecule has 2 aliphatic carbocycles. The Hall–Kier alpha value is -0.590. The minimum absolute atomic E-state index is 0.483. The van der Waals surface area contributed by atoms with Crippen LogP contribution in [-0.4, -0.2) is 12.8 Å². The first kappa shape index (κ1) is 19.7. The summed E-state index contributed by atoms with van der Waals surface area (Å²) < 4.78 is 0. The van der Waals surface area contributed by atoms with E-state index in [1.807, 2.05) is 0 Å². The number of rotatable bonds is 7. The molecule has 0 aliphatic heterocycles. The van der Waals surface area contributed by atoms with Gasteiger partial charge in [-0.15, -0.1) is 0 Å². The number of allylic oxidation sites excluding steroid dienone is 2. The second-order valence-corrected chi connectivity index (χ2v) is 9.08. The second-order valence-electron chi connectivity index (χ2n) is 9.08. The molecule has 0 aromatic carbocycles. The minimum atomic E-state index is 0.483. The molecule has 2 aliphatic rings. The lowest BCUT2D eigenvalue weighted by Gasteiger charge is -2.40. The third kappa shape index (κ3) is 5.74. The molecule has 0 N–H and O–H groups in total. The molecule has 2 rings (SSSR count). The normalized spacial score (nSPS) is 37.4. The number of hydrogen-bond acceptors (Lipinski definition) is 1. The molecule has 1 nitrogen and oxygen atoms in total. The molecule has 5 unspecified atom stereocenters. The topological polar surface area (TPSA) is 12.4 Å². The Morgan fingerprint density at radius 1 is 1.21 bits per heavy atom. The van der Waals surface area contributed by atoms with Gasteiger partial charge in [-0.05, 0) is 62.2 Å². The van der Waals surface area contributed by atoms with Gasteiger partial charge < -0.3 is 0 Å². The van der Waals surface area contributed by atoms with Gasteiger partial charge in [-0.25, -0.2) is 0 Å². The van der Waals surface area contributed by atoms with Gasteiger partial charge in [0.1, 0.15) is 0 Å². The van der Waals surface area contributed by atoms with Crippen LogP contribution in [0.5, 0.6) is 0 Å². The SMILES string of the molecule is CCCC1CC1=CC(C=NCC)CC1(C)CCCC(C)CCC1C. The van der Waals surface area contributed by atoms with Crippen molar-refractivity contribution in [2.75, 3.05) is 6.54 Å². The van der Waals surface area contributed by atoms with Gasteiger partial charge in [0.05, 0.1) is 0 Å². The molecule has 5 atom stereocenters. The lowest BCUT2D eigenvalue weighted by Crippen LogP contribution is -2.30. The lowest BCUT2D eigenvalue weighted by molar-refractivity contribution is 0.121. The Morgan fingerprint density at radius 3 is 2.71 bits per heavy atom. The number of aliphatic imine (C=N–C) groups is 1. The van der Waals surface area contributed by atoms with Crippen molar-refractivity contribution >= 4 is 6.21 Å². The molecule has 0 saturated heterocycles. The van der Waals surface area contributed by atoms with Crippen molar-refractivity contribution in [3.8, 4) is 0 Å². The van der Waals surface area contributed by atoms with E-state index in [0.29, 0.717) is 11.3 Å². The van der Waals surface area contributed by atoms with E-state index in [4.69, 9.17) is 0 Å². The minimum Gasteiger partial charge on any atom is -0.297 e. The summed E-state index contributed by atoms with van der Waals surface area (Å²) in [5.41, 5.74) is 2.21. The van der Waals surface area contributed by atoms with Gasteiger partial charge in [-0.1, -0.05) is 65.0 Å². The zero-order valence-corrected chi connectivity index (χ0v) is 17.0. The van der Waals surface area contributed by atoms with E-state index in [-0.39, 0.29) is 0 Å². The summed E-state index contributed by atoms with van der Waals surface area (Å²) in [6.07, 6.45) is 17.3. The molecule has 0 heterocycles. The molecule has 2 fully saturated rings. The average molecular weight is 332 g/mol. The predicted octanol–water partition coefficient (Wildman–Crippen LogP) is 7.07. The van der Waals surface area contributed by atoms with Crippen LogP contribution >= 0.6 is 0 Å².